The van der Waals surface area contributed by atoms with Crippen LogP contribution in [0.15, 0.2) is 54.6 Å². The number of hydrogen-bond acceptors (Lipinski definition) is 5. The number of para-hydroxylation sites is 1. The number of benzene rings is 2. The Balaban J connectivity index is 2.12. The van der Waals surface area contributed by atoms with E-state index in [1.54, 1.807) is 21.3 Å². The third-order valence-corrected chi connectivity index (χ3v) is 6.85. The number of anilines is 1. The first-order valence-corrected chi connectivity index (χ1v) is 9.87. The first-order chi connectivity index (χ1) is 11.6. The summed E-state index contributed by atoms with van der Waals surface area (Å²) >= 11 is 0. The molecule has 5 nitrogen and oxygen atoms in total. The van der Waals surface area contributed by atoms with Gasteiger partial charge in [0.2, 0.25) is 0 Å². The van der Waals surface area contributed by atoms with Crippen molar-refractivity contribution in [1.29, 1.82) is 0 Å². The minimum absolute atomic E-state index is 0.285. The largest absolute Gasteiger partial charge is 0.500 e. The molecule has 0 saturated heterocycles. The van der Waals surface area contributed by atoms with Gasteiger partial charge in [0.05, 0.1) is 0 Å². The second-order valence-electron chi connectivity index (χ2n) is 5.48. The van der Waals surface area contributed by atoms with Gasteiger partial charge in [-0.3, -0.25) is 0 Å². The second-order valence-corrected chi connectivity index (χ2v) is 8.57. The second kappa shape index (κ2) is 8.96. The van der Waals surface area contributed by atoms with E-state index in [0.717, 1.165) is 23.2 Å². The Labute approximate surface area is 145 Å². The maximum atomic E-state index is 6.37. The van der Waals surface area contributed by atoms with Crippen molar-refractivity contribution in [2.45, 2.75) is 18.6 Å². The maximum Gasteiger partial charge on any atom is 0.500 e. The standard InChI is InChI=1S/C18H26N2O3Si/c1-21-24(22-2,23-3)14-13-15-9-7-8-12-17(15)18(19)20-16-10-5-4-6-11-16/h4-12,18,20H,13-14,19H2,1-3H3. The summed E-state index contributed by atoms with van der Waals surface area (Å²) in [6.45, 7) is 0. The average molecular weight is 347 g/mol. The van der Waals surface area contributed by atoms with Gasteiger partial charge in [-0.25, -0.2) is 0 Å². The zero-order valence-corrected chi connectivity index (χ0v) is 15.5. The van der Waals surface area contributed by atoms with Crippen LogP contribution in [0.25, 0.3) is 0 Å². The Bertz CT molecular complexity index is 612. The number of nitrogens with two attached hydrogens (primary N) is 1. The van der Waals surface area contributed by atoms with Crippen molar-refractivity contribution in [3.63, 3.8) is 0 Å². The van der Waals surface area contributed by atoms with Crippen molar-refractivity contribution in [1.82, 2.24) is 0 Å². The maximum absolute atomic E-state index is 6.37. The van der Waals surface area contributed by atoms with Crippen LogP contribution in [0.2, 0.25) is 6.04 Å². The van der Waals surface area contributed by atoms with Crippen LogP contribution in [0, 0.1) is 0 Å². The van der Waals surface area contributed by atoms with E-state index in [1.807, 2.05) is 48.5 Å². The molecule has 24 heavy (non-hydrogen) atoms. The predicted molar refractivity (Wildman–Crippen MR) is 98.7 cm³/mol. The number of aryl methyl sites for hydroxylation is 1. The van der Waals surface area contributed by atoms with Gasteiger partial charge in [-0.2, -0.15) is 0 Å². The van der Waals surface area contributed by atoms with Gasteiger partial charge >= 0.3 is 8.80 Å². The molecule has 0 saturated carbocycles. The molecular formula is C18H26N2O3Si. The first-order valence-electron chi connectivity index (χ1n) is 7.94. The van der Waals surface area contributed by atoms with Gasteiger partial charge < -0.3 is 24.3 Å². The highest BCUT2D eigenvalue weighted by atomic mass is 28.4. The third kappa shape index (κ3) is 4.65. The lowest BCUT2D eigenvalue weighted by atomic mass is 10.0. The van der Waals surface area contributed by atoms with E-state index in [9.17, 15) is 0 Å². The van der Waals surface area contributed by atoms with Gasteiger partial charge in [-0.1, -0.05) is 42.5 Å². The first kappa shape index (κ1) is 18.6. The molecule has 0 aliphatic carbocycles. The van der Waals surface area contributed by atoms with Crippen molar-refractivity contribution < 1.29 is 13.3 Å². The van der Waals surface area contributed by atoms with Crippen LogP contribution in [-0.2, 0) is 19.7 Å². The van der Waals surface area contributed by atoms with Gasteiger partial charge in [-0.05, 0) is 29.7 Å². The van der Waals surface area contributed by atoms with Gasteiger partial charge in [0.25, 0.3) is 0 Å². The SMILES string of the molecule is CO[Si](CCc1ccccc1C(N)Nc1ccccc1)(OC)OC. The van der Waals surface area contributed by atoms with E-state index in [1.165, 1.54) is 0 Å². The fourth-order valence-corrected chi connectivity index (χ4v) is 4.39. The molecule has 1 unspecified atom stereocenters. The van der Waals surface area contributed by atoms with Crippen LogP contribution in [0.1, 0.15) is 17.3 Å². The number of hydrogen-bond donors (Lipinski definition) is 2. The molecule has 2 aromatic rings. The fraction of sp³-hybridized carbons (Fsp3) is 0.333. The molecule has 0 spiro atoms. The van der Waals surface area contributed by atoms with Crippen molar-refractivity contribution in [2.75, 3.05) is 26.6 Å². The van der Waals surface area contributed by atoms with Crippen LogP contribution in [-0.4, -0.2) is 30.1 Å². The Morgan fingerprint density at radius 2 is 1.50 bits per heavy atom. The molecule has 6 heteroatoms. The highest BCUT2D eigenvalue weighted by Crippen LogP contribution is 2.23. The number of rotatable bonds is 9. The molecule has 2 aromatic carbocycles. The summed E-state index contributed by atoms with van der Waals surface area (Å²) in [5.41, 5.74) is 9.59. The van der Waals surface area contributed by atoms with Crippen LogP contribution in [0.4, 0.5) is 5.69 Å². The molecule has 0 heterocycles. The molecule has 0 aliphatic rings. The quantitative estimate of drug-likeness (QED) is 0.539. The Hall–Kier alpha value is -1.70. The molecule has 0 aromatic heterocycles. The van der Waals surface area contributed by atoms with Gasteiger partial charge in [0.1, 0.15) is 6.17 Å². The minimum Gasteiger partial charge on any atom is -0.377 e. The Morgan fingerprint density at radius 1 is 0.917 bits per heavy atom. The molecule has 0 bridgehead atoms. The Morgan fingerprint density at radius 3 is 2.12 bits per heavy atom. The van der Waals surface area contributed by atoms with E-state index in [0.29, 0.717) is 6.04 Å². The summed E-state index contributed by atoms with van der Waals surface area (Å²) in [5, 5.41) is 3.33. The minimum atomic E-state index is -2.59. The van der Waals surface area contributed by atoms with Crippen molar-refractivity contribution in [3.8, 4) is 0 Å². The van der Waals surface area contributed by atoms with Gasteiger partial charge in [-0.15, -0.1) is 0 Å². The zero-order valence-electron chi connectivity index (χ0n) is 14.5. The highest BCUT2D eigenvalue weighted by Gasteiger charge is 2.37. The molecule has 0 amide bonds. The summed E-state index contributed by atoms with van der Waals surface area (Å²) in [6, 6.07) is 18.8. The van der Waals surface area contributed by atoms with Crippen LogP contribution in [0.5, 0.6) is 0 Å². The van der Waals surface area contributed by atoms with Crippen molar-refractivity contribution in [3.05, 3.63) is 65.7 Å². The molecule has 3 N–H and O–H groups in total. The topological polar surface area (TPSA) is 65.7 Å². The molecule has 0 aliphatic heterocycles. The smallest absolute Gasteiger partial charge is 0.377 e. The lowest BCUT2D eigenvalue weighted by molar-refractivity contribution is 0.123. The predicted octanol–water partition coefficient (Wildman–Crippen LogP) is 3.18. The molecule has 1 atom stereocenters. The third-order valence-electron chi connectivity index (χ3n) is 4.12. The van der Waals surface area contributed by atoms with E-state index >= 15 is 0 Å². The fourth-order valence-electron chi connectivity index (χ4n) is 2.70. The van der Waals surface area contributed by atoms with Crippen LogP contribution in [0.3, 0.4) is 0 Å². The lowest BCUT2D eigenvalue weighted by Gasteiger charge is -2.25. The van der Waals surface area contributed by atoms with Crippen molar-refractivity contribution >= 4 is 14.5 Å². The van der Waals surface area contributed by atoms with E-state index in [-0.39, 0.29) is 6.17 Å². The molecule has 0 radical (unpaired) electrons. The average Bonchev–Trinajstić information content (AvgIpc) is 2.64. The summed E-state index contributed by atoms with van der Waals surface area (Å²) in [5.74, 6) is 0. The monoisotopic (exact) mass is 346 g/mol. The molecule has 2 rings (SSSR count). The summed E-state index contributed by atoms with van der Waals surface area (Å²) < 4.78 is 16.5. The highest BCUT2D eigenvalue weighted by molar-refractivity contribution is 6.60. The van der Waals surface area contributed by atoms with E-state index in [2.05, 4.69) is 11.4 Å². The molecule has 130 valence electrons. The van der Waals surface area contributed by atoms with E-state index in [4.69, 9.17) is 19.0 Å². The van der Waals surface area contributed by atoms with Crippen LogP contribution < -0.4 is 11.1 Å². The van der Waals surface area contributed by atoms with Gasteiger partial charge in [0.15, 0.2) is 0 Å². The normalized spacial score (nSPS) is 12.8. The molecular weight excluding hydrogens is 320 g/mol. The Kier molecular flexibility index (Phi) is 6.95. The summed E-state index contributed by atoms with van der Waals surface area (Å²) in [7, 11) is 2.31. The van der Waals surface area contributed by atoms with Crippen LogP contribution >= 0.6 is 0 Å². The van der Waals surface area contributed by atoms with Gasteiger partial charge in [0, 0.05) is 33.1 Å². The zero-order chi connectivity index (χ0) is 17.4. The van der Waals surface area contributed by atoms with Crippen molar-refractivity contribution in [2.24, 2.45) is 5.73 Å². The summed E-state index contributed by atoms with van der Waals surface area (Å²) in [4.78, 5) is 0. The molecule has 0 fully saturated rings. The lowest BCUT2D eigenvalue weighted by Crippen LogP contribution is -2.43. The number of nitrogens with one attached hydrogen (secondary N) is 1. The summed E-state index contributed by atoms with van der Waals surface area (Å²) in [6.07, 6.45) is 0.495. The van der Waals surface area contributed by atoms with E-state index < -0.39 is 8.80 Å².